The van der Waals surface area contributed by atoms with Crippen molar-refractivity contribution in [1.82, 2.24) is 4.98 Å². The van der Waals surface area contributed by atoms with Crippen molar-refractivity contribution >= 4 is 17.2 Å². The summed E-state index contributed by atoms with van der Waals surface area (Å²) in [4.78, 5) is 4.40. The molecule has 2 heterocycles. The molecule has 0 bridgehead atoms. The van der Waals surface area contributed by atoms with Gasteiger partial charge in [0.15, 0.2) is 17.8 Å². The minimum Gasteiger partial charge on any atom is -0.369 e. The summed E-state index contributed by atoms with van der Waals surface area (Å²) < 4.78 is 7.79. The van der Waals surface area contributed by atoms with E-state index in [1.807, 2.05) is 18.3 Å². The quantitative estimate of drug-likeness (QED) is 0.808. The van der Waals surface area contributed by atoms with Crippen LogP contribution in [-0.4, -0.2) is 11.0 Å². The molecule has 0 aromatic carbocycles. The number of aromatic nitrogens is 2. The summed E-state index contributed by atoms with van der Waals surface area (Å²) in [6.07, 6.45) is 2.01. The van der Waals surface area contributed by atoms with Crippen LogP contribution in [0.15, 0.2) is 22.7 Å². The Kier molecular flexibility index (Phi) is 2.81. The van der Waals surface area contributed by atoms with Crippen molar-refractivity contribution in [3.05, 3.63) is 18.3 Å². The summed E-state index contributed by atoms with van der Waals surface area (Å²) in [6.45, 7) is 8.37. The lowest BCUT2D eigenvalue weighted by molar-refractivity contribution is -0.697. The Morgan fingerprint density at radius 1 is 1.31 bits per heavy atom. The molecule has 0 atom stereocenters. The molecule has 4 heteroatoms. The van der Waals surface area contributed by atoms with Crippen LogP contribution in [0.4, 0.5) is 6.01 Å². The maximum atomic E-state index is 5.71. The zero-order valence-electron chi connectivity index (χ0n) is 10.2. The SMILES string of the molecule is CC(C)Nc1nc2ccc[n+](C(C)C)c2o1. The molecule has 0 saturated heterocycles. The zero-order chi connectivity index (χ0) is 11.7. The maximum absolute atomic E-state index is 5.71. The monoisotopic (exact) mass is 220 g/mol. The Bertz CT molecular complexity index is 488. The summed E-state index contributed by atoms with van der Waals surface area (Å²) in [6, 6.07) is 5.22. The number of hydrogen-bond acceptors (Lipinski definition) is 3. The lowest BCUT2D eigenvalue weighted by Crippen LogP contribution is -2.35. The van der Waals surface area contributed by atoms with Gasteiger partial charge in [-0.05, 0) is 33.8 Å². The Morgan fingerprint density at radius 2 is 2.06 bits per heavy atom. The smallest absolute Gasteiger partial charge is 0.369 e. The summed E-state index contributed by atoms with van der Waals surface area (Å²) >= 11 is 0. The summed E-state index contributed by atoms with van der Waals surface area (Å²) in [5, 5.41) is 3.17. The summed E-state index contributed by atoms with van der Waals surface area (Å²) in [5.41, 5.74) is 1.71. The van der Waals surface area contributed by atoms with Gasteiger partial charge in [0.25, 0.3) is 0 Å². The molecule has 0 aliphatic carbocycles. The van der Waals surface area contributed by atoms with Crippen molar-refractivity contribution in [2.24, 2.45) is 0 Å². The molecule has 1 N–H and O–H groups in total. The Balaban J connectivity index is 2.48. The molecule has 86 valence electrons. The van der Waals surface area contributed by atoms with Crippen molar-refractivity contribution in [2.75, 3.05) is 5.32 Å². The van der Waals surface area contributed by atoms with E-state index in [0.29, 0.717) is 18.1 Å². The van der Waals surface area contributed by atoms with E-state index in [9.17, 15) is 0 Å². The normalized spacial score (nSPS) is 11.6. The average molecular weight is 220 g/mol. The topological polar surface area (TPSA) is 41.9 Å². The predicted octanol–water partition coefficient (Wildman–Crippen LogP) is 2.52. The molecule has 0 aliphatic rings. The van der Waals surface area contributed by atoms with Gasteiger partial charge in [-0.15, -0.1) is 0 Å². The van der Waals surface area contributed by atoms with Gasteiger partial charge < -0.3 is 9.73 Å². The van der Waals surface area contributed by atoms with E-state index < -0.39 is 0 Å². The second-order valence-electron chi connectivity index (χ2n) is 4.52. The Labute approximate surface area is 95.3 Å². The summed E-state index contributed by atoms with van der Waals surface area (Å²) in [5.74, 6) is 0. The van der Waals surface area contributed by atoms with Crippen LogP contribution in [0, 0.1) is 0 Å². The molecule has 4 nitrogen and oxygen atoms in total. The van der Waals surface area contributed by atoms with Gasteiger partial charge in [-0.3, -0.25) is 0 Å². The Morgan fingerprint density at radius 3 is 2.69 bits per heavy atom. The van der Waals surface area contributed by atoms with Crippen LogP contribution in [-0.2, 0) is 0 Å². The molecule has 0 fully saturated rings. The van der Waals surface area contributed by atoms with Crippen molar-refractivity contribution in [1.29, 1.82) is 0 Å². The van der Waals surface area contributed by atoms with E-state index in [-0.39, 0.29) is 0 Å². The third-order valence-corrected chi connectivity index (χ3v) is 2.34. The zero-order valence-corrected chi connectivity index (χ0v) is 10.2. The fourth-order valence-corrected chi connectivity index (χ4v) is 1.63. The molecule has 2 aromatic rings. The largest absolute Gasteiger partial charge is 0.402 e. The molecule has 0 radical (unpaired) electrons. The van der Waals surface area contributed by atoms with Crippen LogP contribution in [0.25, 0.3) is 11.2 Å². The molecule has 16 heavy (non-hydrogen) atoms. The molecule has 2 aromatic heterocycles. The third-order valence-electron chi connectivity index (χ3n) is 2.34. The molecule has 0 saturated carbocycles. The van der Waals surface area contributed by atoms with Crippen LogP contribution < -0.4 is 9.88 Å². The highest BCUT2D eigenvalue weighted by molar-refractivity contribution is 5.66. The van der Waals surface area contributed by atoms with Gasteiger partial charge in [-0.25, -0.2) is 0 Å². The first kappa shape index (κ1) is 10.9. The minimum absolute atomic E-state index is 0.320. The van der Waals surface area contributed by atoms with Gasteiger partial charge in [0.2, 0.25) is 0 Å². The van der Waals surface area contributed by atoms with Crippen molar-refractivity contribution in [3.8, 4) is 0 Å². The second-order valence-corrected chi connectivity index (χ2v) is 4.52. The van der Waals surface area contributed by atoms with Crippen LogP contribution >= 0.6 is 0 Å². The van der Waals surface area contributed by atoms with Crippen LogP contribution in [0.5, 0.6) is 0 Å². The van der Waals surface area contributed by atoms with Gasteiger partial charge in [0.1, 0.15) is 0 Å². The van der Waals surface area contributed by atoms with Gasteiger partial charge in [0, 0.05) is 12.1 Å². The van der Waals surface area contributed by atoms with Crippen molar-refractivity contribution in [3.63, 3.8) is 0 Å². The Hall–Kier alpha value is -1.58. The molecule has 0 aliphatic heterocycles. The average Bonchev–Trinajstić information content (AvgIpc) is 2.57. The second kappa shape index (κ2) is 4.12. The highest BCUT2D eigenvalue weighted by Gasteiger charge is 2.18. The first-order valence-electron chi connectivity index (χ1n) is 5.65. The van der Waals surface area contributed by atoms with Crippen molar-refractivity contribution < 1.29 is 8.98 Å². The molecule has 2 rings (SSSR count). The van der Waals surface area contributed by atoms with Crippen LogP contribution in [0.3, 0.4) is 0 Å². The number of pyridine rings is 1. The van der Waals surface area contributed by atoms with Gasteiger partial charge in [-0.1, -0.05) is 0 Å². The van der Waals surface area contributed by atoms with Gasteiger partial charge in [0.05, 0.1) is 0 Å². The number of fused-ring (bicyclic) bond motifs is 1. The van der Waals surface area contributed by atoms with Crippen molar-refractivity contribution in [2.45, 2.75) is 39.8 Å². The predicted molar refractivity (Wildman–Crippen MR) is 63.3 cm³/mol. The molecule has 0 amide bonds. The number of nitrogens with one attached hydrogen (secondary N) is 1. The van der Waals surface area contributed by atoms with E-state index in [4.69, 9.17) is 4.42 Å². The fourth-order valence-electron chi connectivity index (χ4n) is 1.63. The van der Waals surface area contributed by atoms with Crippen LogP contribution in [0.1, 0.15) is 33.7 Å². The third kappa shape index (κ3) is 2.01. The van der Waals surface area contributed by atoms with E-state index in [1.54, 1.807) is 0 Å². The molecule has 0 spiro atoms. The highest BCUT2D eigenvalue weighted by Crippen LogP contribution is 2.16. The highest BCUT2D eigenvalue weighted by atomic mass is 16.4. The molecular weight excluding hydrogens is 202 g/mol. The number of rotatable bonds is 3. The van der Waals surface area contributed by atoms with E-state index in [0.717, 1.165) is 11.2 Å². The first-order valence-corrected chi connectivity index (χ1v) is 5.65. The van der Waals surface area contributed by atoms with E-state index >= 15 is 0 Å². The number of nitrogens with zero attached hydrogens (tertiary/aromatic N) is 2. The van der Waals surface area contributed by atoms with E-state index in [1.165, 1.54) is 0 Å². The fraction of sp³-hybridized carbons (Fsp3) is 0.500. The lowest BCUT2D eigenvalue weighted by atomic mass is 10.3. The number of anilines is 1. The van der Waals surface area contributed by atoms with Gasteiger partial charge >= 0.3 is 11.7 Å². The summed E-state index contributed by atoms with van der Waals surface area (Å²) in [7, 11) is 0. The minimum atomic E-state index is 0.320. The first-order chi connectivity index (χ1) is 7.58. The van der Waals surface area contributed by atoms with Crippen LogP contribution in [0.2, 0.25) is 0 Å². The maximum Gasteiger partial charge on any atom is 0.402 e. The van der Waals surface area contributed by atoms with Gasteiger partial charge in [-0.2, -0.15) is 9.55 Å². The number of oxazole rings is 1. The lowest BCUT2D eigenvalue weighted by Gasteiger charge is -2.02. The standard InChI is InChI=1S/C12H18N3O/c1-8(2)13-12-14-10-6-5-7-15(9(3)4)11(10)16-12/h5-9H,1-4H3,(H,13,14)/q+1. The molecule has 0 unspecified atom stereocenters. The molecular formula is C12H18N3O+. The van der Waals surface area contributed by atoms with E-state index in [2.05, 4.69) is 42.6 Å². The number of hydrogen-bond donors (Lipinski definition) is 1.